The molecule has 0 spiro atoms. The predicted molar refractivity (Wildman–Crippen MR) is 83.4 cm³/mol. The molecule has 1 atom stereocenters. The number of nitrogens with zero attached hydrogens (tertiary/aromatic N) is 2. The number of carbonyl (C=O) groups excluding carboxylic acids is 1. The Bertz CT molecular complexity index is 632. The maximum Gasteiger partial charge on any atom is 0.253 e. The minimum absolute atomic E-state index is 0.117. The number of aromatic hydroxyl groups is 1. The van der Waals surface area contributed by atoms with Gasteiger partial charge in [-0.15, -0.1) is 0 Å². The molecule has 1 aromatic heterocycles. The van der Waals surface area contributed by atoms with E-state index in [1.807, 2.05) is 18.2 Å². The topological polar surface area (TPSA) is 74.6 Å². The highest BCUT2D eigenvalue weighted by Gasteiger charge is 2.14. The second-order valence-corrected chi connectivity index (χ2v) is 5.58. The van der Waals surface area contributed by atoms with Crippen LogP contribution in [0.5, 0.6) is 5.75 Å². The van der Waals surface area contributed by atoms with Crippen LogP contribution in [0.4, 0.5) is 0 Å². The molecule has 0 fully saturated rings. The Balaban J connectivity index is 1.88. The van der Waals surface area contributed by atoms with Crippen molar-refractivity contribution in [1.29, 1.82) is 0 Å². The number of pyridine rings is 1. The smallest absolute Gasteiger partial charge is 0.253 e. The summed E-state index contributed by atoms with van der Waals surface area (Å²) in [7, 11) is 0. The van der Waals surface area contributed by atoms with Gasteiger partial charge >= 0.3 is 0 Å². The van der Waals surface area contributed by atoms with Crippen molar-refractivity contribution in [3.05, 3.63) is 54.2 Å². The van der Waals surface area contributed by atoms with Crippen LogP contribution in [0.15, 0.2) is 58.8 Å². The Labute approximate surface area is 127 Å². The molecule has 1 amide bonds. The summed E-state index contributed by atoms with van der Waals surface area (Å²) < 4.78 is 0. The lowest BCUT2D eigenvalue weighted by atomic mass is 10.2. The van der Waals surface area contributed by atoms with E-state index in [9.17, 15) is 9.90 Å². The molecule has 0 bridgehead atoms. The van der Waals surface area contributed by atoms with Crippen molar-refractivity contribution >= 4 is 23.9 Å². The Hall–Kier alpha value is -2.34. The number of phenols is 1. The van der Waals surface area contributed by atoms with Crippen molar-refractivity contribution in [2.45, 2.75) is 17.2 Å². The van der Waals surface area contributed by atoms with E-state index in [2.05, 4.69) is 15.5 Å². The van der Waals surface area contributed by atoms with Crippen LogP contribution < -0.4 is 5.43 Å². The number of amides is 1. The normalized spacial score (nSPS) is 12.2. The summed E-state index contributed by atoms with van der Waals surface area (Å²) in [6.45, 7) is 1.78. The molecular formula is C15H15N3O2S. The first-order chi connectivity index (χ1) is 10.2. The third-order valence-corrected chi connectivity index (χ3v) is 3.67. The molecule has 0 saturated carbocycles. The molecule has 5 nitrogen and oxygen atoms in total. The summed E-state index contributed by atoms with van der Waals surface area (Å²) in [6, 6.07) is 12.3. The largest absolute Gasteiger partial charge is 0.507 e. The zero-order valence-electron chi connectivity index (χ0n) is 11.4. The molecule has 0 aliphatic carbocycles. The number of hydrogen-bond donors (Lipinski definition) is 2. The average Bonchev–Trinajstić information content (AvgIpc) is 2.50. The van der Waals surface area contributed by atoms with E-state index < -0.39 is 0 Å². The van der Waals surface area contributed by atoms with Gasteiger partial charge in [-0.2, -0.15) is 5.10 Å². The van der Waals surface area contributed by atoms with E-state index in [4.69, 9.17) is 0 Å². The first-order valence-electron chi connectivity index (χ1n) is 6.35. The number of nitrogens with one attached hydrogen (secondary N) is 1. The van der Waals surface area contributed by atoms with Crippen LogP contribution in [0.25, 0.3) is 0 Å². The minimum Gasteiger partial charge on any atom is -0.507 e. The highest BCUT2D eigenvalue weighted by molar-refractivity contribution is 8.00. The third-order valence-electron chi connectivity index (χ3n) is 2.62. The second kappa shape index (κ2) is 7.44. The van der Waals surface area contributed by atoms with Crippen LogP contribution in [0, 0.1) is 0 Å². The Morgan fingerprint density at radius 1 is 1.33 bits per heavy atom. The van der Waals surface area contributed by atoms with Crippen molar-refractivity contribution < 1.29 is 9.90 Å². The molecule has 2 rings (SSSR count). The maximum atomic E-state index is 11.9. The van der Waals surface area contributed by atoms with Crippen LogP contribution in [0.3, 0.4) is 0 Å². The molecule has 2 N–H and O–H groups in total. The number of carbonyl (C=O) groups is 1. The number of rotatable bonds is 5. The van der Waals surface area contributed by atoms with Crippen molar-refractivity contribution in [1.82, 2.24) is 10.4 Å². The second-order valence-electron chi connectivity index (χ2n) is 4.22. The summed E-state index contributed by atoms with van der Waals surface area (Å²) in [5.41, 5.74) is 2.99. The SMILES string of the molecule is C[C@H](Sc1ccccn1)C(=O)N/N=C\c1ccccc1O. The minimum atomic E-state index is -0.318. The van der Waals surface area contributed by atoms with Gasteiger partial charge in [-0.25, -0.2) is 10.4 Å². The van der Waals surface area contributed by atoms with Gasteiger partial charge in [0.15, 0.2) is 0 Å². The van der Waals surface area contributed by atoms with E-state index in [1.165, 1.54) is 18.0 Å². The zero-order chi connectivity index (χ0) is 15.1. The number of para-hydroxylation sites is 1. The summed E-state index contributed by atoms with van der Waals surface area (Å²) in [5.74, 6) is -0.108. The van der Waals surface area contributed by atoms with E-state index in [1.54, 1.807) is 37.4 Å². The lowest BCUT2D eigenvalue weighted by molar-refractivity contribution is -0.120. The lowest BCUT2D eigenvalue weighted by Crippen LogP contribution is -2.26. The number of hydrogen-bond acceptors (Lipinski definition) is 5. The first kappa shape index (κ1) is 15.1. The fraction of sp³-hybridized carbons (Fsp3) is 0.133. The van der Waals surface area contributed by atoms with Gasteiger partial charge in [-0.05, 0) is 31.2 Å². The van der Waals surface area contributed by atoms with Crippen LogP contribution in [0.2, 0.25) is 0 Å². The van der Waals surface area contributed by atoms with Gasteiger partial charge in [0, 0.05) is 11.8 Å². The molecule has 0 unspecified atom stereocenters. The van der Waals surface area contributed by atoms with E-state index in [0.29, 0.717) is 5.56 Å². The molecule has 0 radical (unpaired) electrons. The molecule has 0 saturated heterocycles. The monoisotopic (exact) mass is 301 g/mol. The van der Waals surface area contributed by atoms with Gasteiger partial charge in [0.2, 0.25) is 0 Å². The summed E-state index contributed by atoms with van der Waals surface area (Å²) in [6.07, 6.45) is 3.09. The Morgan fingerprint density at radius 2 is 2.10 bits per heavy atom. The van der Waals surface area contributed by atoms with Crippen LogP contribution in [0.1, 0.15) is 12.5 Å². The van der Waals surface area contributed by atoms with Crippen molar-refractivity contribution in [2.75, 3.05) is 0 Å². The van der Waals surface area contributed by atoms with Crippen LogP contribution in [-0.4, -0.2) is 27.5 Å². The van der Waals surface area contributed by atoms with Crippen molar-refractivity contribution in [3.8, 4) is 5.75 Å². The lowest BCUT2D eigenvalue weighted by Gasteiger charge is -2.08. The molecule has 21 heavy (non-hydrogen) atoms. The van der Waals surface area contributed by atoms with Crippen LogP contribution in [-0.2, 0) is 4.79 Å². The predicted octanol–water partition coefficient (Wildman–Crippen LogP) is 2.42. The molecule has 0 aliphatic heterocycles. The van der Waals surface area contributed by atoms with Crippen molar-refractivity contribution in [3.63, 3.8) is 0 Å². The molecule has 2 aromatic rings. The highest BCUT2D eigenvalue weighted by atomic mass is 32.2. The molecule has 108 valence electrons. The zero-order valence-corrected chi connectivity index (χ0v) is 12.2. The highest BCUT2D eigenvalue weighted by Crippen LogP contribution is 2.20. The van der Waals surface area contributed by atoms with Gasteiger partial charge in [-0.3, -0.25) is 4.79 Å². The van der Waals surface area contributed by atoms with Gasteiger partial charge in [0.25, 0.3) is 5.91 Å². The van der Waals surface area contributed by atoms with E-state index >= 15 is 0 Å². The number of benzene rings is 1. The fourth-order valence-corrected chi connectivity index (χ4v) is 2.31. The molecule has 0 aliphatic rings. The number of thioether (sulfide) groups is 1. The summed E-state index contributed by atoms with van der Waals surface area (Å²) in [4.78, 5) is 16.0. The van der Waals surface area contributed by atoms with Gasteiger partial charge in [0.1, 0.15) is 5.75 Å². The average molecular weight is 301 g/mol. The number of hydrazone groups is 1. The maximum absolute atomic E-state index is 11.9. The molecule has 6 heteroatoms. The van der Waals surface area contributed by atoms with Gasteiger partial charge in [-0.1, -0.05) is 30.0 Å². The summed E-state index contributed by atoms with van der Waals surface area (Å²) >= 11 is 1.35. The molecule has 1 heterocycles. The first-order valence-corrected chi connectivity index (χ1v) is 7.23. The number of aromatic nitrogens is 1. The molecular weight excluding hydrogens is 286 g/mol. The van der Waals surface area contributed by atoms with Gasteiger partial charge < -0.3 is 5.11 Å². The van der Waals surface area contributed by atoms with E-state index in [-0.39, 0.29) is 16.9 Å². The Kier molecular flexibility index (Phi) is 5.34. The summed E-state index contributed by atoms with van der Waals surface area (Å²) in [5, 5.41) is 13.9. The number of phenolic OH excluding ortho intramolecular Hbond substituents is 1. The fourth-order valence-electron chi connectivity index (χ4n) is 1.50. The van der Waals surface area contributed by atoms with Gasteiger partial charge in [0.05, 0.1) is 16.5 Å². The Morgan fingerprint density at radius 3 is 2.81 bits per heavy atom. The van der Waals surface area contributed by atoms with Crippen LogP contribution >= 0.6 is 11.8 Å². The van der Waals surface area contributed by atoms with E-state index in [0.717, 1.165) is 5.03 Å². The third kappa shape index (κ3) is 4.61. The quantitative estimate of drug-likeness (QED) is 0.505. The van der Waals surface area contributed by atoms with Crippen molar-refractivity contribution in [2.24, 2.45) is 5.10 Å². The standard InChI is InChI=1S/C15H15N3O2S/c1-11(21-14-8-4-5-9-16-14)15(20)18-17-10-12-6-2-3-7-13(12)19/h2-11,19H,1H3,(H,18,20)/b17-10-/t11-/m0/s1. The molecule has 1 aromatic carbocycles.